The Balaban J connectivity index is 2.83. The lowest BCUT2D eigenvalue weighted by atomic mass is 9.99. The summed E-state index contributed by atoms with van der Waals surface area (Å²) in [6.07, 6.45) is -0.123. The predicted molar refractivity (Wildman–Crippen MR) is 68.5 cm³/mol. The molecule has 0 saturated heterocycles. The molecule has 17 heavy (non-hydrogen) atoms. The minimum atomic E-state index is -0.688. The molecule has 0 bridgehead atoms. The minimum absolute atomic E-state index is 0.539. The average molecular weight is 238 g/mol. The number of aryl methyl sites for hydroxylation is 3. The lowest BCUT2D eigenvalue weighted by Crippen LogP contribution is -2.23. The van der Waals surface area contributed by atoms with Crippen molar-refractivity contribution >= 4 is 0 Å². The van der Waals surface area contributed by atoms with Crippen LogP contribution in [-0.2, 0) is 6.42 Å². The number of rotatable bonds is 5. The van der Waals surface area contributed by atoms with Gasteiger partial charge < -0.3 is 14.9 Å². The highest BCUT2D eigenvalue weighted by molar-refractivity contribution is 5.43. The molecule has 3 heteroatoms. The summed E-state index contributed by atoms with van der Waals surface area (Å²) in [5.41, 5.74) is 3.38. The van der Waals surface area contributed by atoms with Gasteiger partial charge in [0.05, 0.1) is 19.3 Å². The maximum atomic E-state index is 9.60. The summed E-state index contributed by atoms with van der Waals surface area (Å²) >= 11 is 0. The molecule has 2 unspecified atom stereocenters. The van der Waals surface area contributed by atoms with Crippen LogP contribution in [0, 0.1) is 13.8 Å². The van der Waals surface area contributed by atoms with Gasteiger partial charge in [-0.25, -0.2) is 0 Å². The van der Waals surface area contributed by atoms with Gasteiger partial charge in [-0.15, -0.1) is 0 Å². The molecule has 2 N–H and O–H groups in total. The molecular weight excluding hydrogens is 216 g/mol. The second-order valence-electron chi connectivity index (χ2n) is 4.62. The van der Waals surface area contributed by atoms with E-state index in [1.54, 1.807) is 14.0 Å². The van der Waals surface area contributed by atoms with Crippen molar-refractivity contribution < 1.29 is 14.9 Å². The van der Waals surface area contributed by atoms with Crippen LogP contribution in [0.2, 0.25) is 0 Å². The third kappa shape index (κ3) is 3.72. The Morgan fingerprint density at radius 2 is 1.88 bits per heavy atom. The van der Waals surface area contributed by atoms with Crippen molar-refractivity contribution in [1.29, 1.82) is 0 Å². The zero-order valence-electron chi connectivity index (χ0n) is 11.0. The van der Waals surface area contributed by atoms with Crippen LogP contribution < -0.4 is 4.74 Å². The molecule has 1 rings (SSSR count). The zero-order valence-corrected chi connectivity index (χ0v) is 11.0. The van der Waals surface area contributed by atoms with Crippen molar-refractivity contribution in [3.8, 4) is 5.75 Å². The number of hydrogen-bond acceptors (Lipinski definition) is 3. The van der Waals surface area contributed by atoms with Crippen LogP contribution in [0.15, 0.2) is 12.1 Å². The highest BCUT2D eigenvalue weighted by Gasteiger charge is 2.13. The number of benzene rings is 1. The number of methoxy groups -OCH3 is 1. The van der Waals surface area contributed by atoms with Crippen molar-refractivity contribution in [2.45, 2.75) is 45.8 Å². The van der Waals surface area contributed by atoms with E-state index in [0.29, 0.717) is 12.8 Å². The number of aliphatic hydroxyl groups is 2. The molecule has 3 nitrogen and oxygen atoms in total. The zero-order chi connectivity index (χ0) is 13.0. The van der Waals surface area contributed by atoms with Crippen LogP contribution >= 0.6 is 0 Å². The summed E-state index contributed by atoms with van der Waals surface area (Å²) in [5, 5.41) is 18.9. The first kappa shape index (κ1) is 14.0. The SMILES string of the molecule is COc1c(C)cc(C)cc1CCC(O)C(C)O. The van der Waals surface area contributed by atoms with Crippen LogP contribution in [-0.4, -0.2) is 29.5 Å². The monoisotopic (exact) mass is 238 g/mol. The van der Waals surface area contributed by atoms with E-state index in [1.807, 2.05) is 13.8 Å². The quantitative estimate of drug-likeness (QED) is 0.824. The van der Waals surface area contributed by atoms with Gasteiger partial charge in [0.1, 0.15) is 5.75 Å². The number of hydrogen-bond donors (Lipinski definition) is 2. The van der Waals surface area contributed by atoms with Gasteiger partial charge >= 0.3 is 0 Å². The first-order chi connectivity index (χ1) is 7.95. The largest absolute Gasteiger partial charge is 0.496 e. The molecule has 0 amide bonds. The van der Waals surface area contributed by atoms with Crippen LogP contribution in [0.4, 0.5) is 0 Å². The van der Waals surface area contributed by atoms with Crippen molar-refractivity contribution in [2.75, 3.05) is 7.11 Å². The number of aliphatic hydroxyl groups excluding tert-OH is 2. The summed E-state index contributed by atoms with van der Waals surface area (Å²) < 4.78 is 5.38. The molecule has 0 radical (unpaired) electrons. The highest BCUT2D eigenvalue weighted by Crippen LogP contribution is 2.26. The molecule has 1 aromatic carbocycles. The van der Waals surface area contributed by atoms with Gasteiger partial charge in [-0.05, 0) is 44.7 Å². The molecule has 0 fully saturated rings. The Morgan fingerprint density at radius 1 is 1.24 bits per heavy atom. The Morgan fingerprint density at radius 3 is 2.41 bits per heavy atom. The lowest BCUT2D eigenvalue weighted by Gasteiger charge is -2.16. The Hall–Kier alpha value is -1.06. The van der Waals surface area contributed by atoms with Crippen molar-refractivity contribution in [3.63, 3.8) is 0 Å². The van der Waals surface area contributed by atoms with Crippen molar-refractivity contribution in [1.82, 2.24) is 0 Å². The van der Waals surface area contributed by atoms with Gasteiger partial charge in [0.2, 0.25) is 0 Å². The summed E-state index contributed by atoms with van der Waals surface area (Å²) in [7, 11) is 1.66. The van der Waals surface area contributed by atoms with Gasteiger partial charge in [-0.1, -0.05) is 17.7 Å². The highest BCUT2D eigenvalue weighted by atomic mass is 16.5. The van der Waals surface area contributed by atoms with E-state index in [4.69, 9.17) is 4.74 Å². The molecule has 2 atom stereocenters. The van der Waals surface area contributed by atoms with E-state index >= 15 is 0 Å². The summed E-state index contributed by atoms with van der Waals surface area (Å²) in [6, 6.07) is 4.15. The first-order valence-electron chi connectivity index (χ1n) is 5.96. The molecule has 96 valence electrons. The van der Waals surface area contributed by atoms with Gasteiger partial charge in [0.15, 0.2) is 0 Å². The average Bonchev–Trinajstić information content (AvgIpc) is 2.24. The molecule has 0 aliphatic carbocycles. The fraction of sp³-hybridized carbons (Fsp3) is 0.571. The van der Waals surface area contributed by atoms with E-state index in [0.717, 1.165) is 16.9 Å². The second kappa shape index (κ2) is 6.03. The van der Waals surface area contributed by atoms with E-state index in [1.165, 1.54) is 5.56 Å². The van der Waals surface area contributed by atoms with E-state index < -0.39 is 12.2 Å². The van der Waals surface area contributed by atoms with E-state index in [2.05, 4.69) is 12.1 Å². The minimum Gasteiger partial charge on any atom is -0.496 e. The van der Waals surface area contributed by atoms with Crippen LogP contribution in [0.1, 0.15) is 30.0 Å². The second-order valence-corrected chi connectivity index (χ2v) is 4.62. The third-order valence-electron chi connectivity index (χ3n) is 2.97. The molecule has 0 aliphatic heterocycles. The van der Waals surface area contributed by atoms with Gasteiger partial charge in [0, 0.05) is 0 Å². The molecule has 0 heterocycles. The van der Waals surface area contributed by atoms with E-state index in [-0.39, 0.29) is 0 Å². The van der Waals surface area contributed by atoms with Crippen molar-refractivity contribution in [3.05, 3.63) is 28.8 Å². The Labute approximate surface area is 103 Å². The normalized spacial score (nSPS) is 14.5. The summed E-state index contributed by atoms with van der Waals surface area (Å²) in [4.78, 5) is 0. The predicted octanol–water partition coefficient (Wildman–Crippen LogP) is 1.99. The Kier molecular flexibility index (Phi) is 4.97. The topological polar surface area (TPSA) is 49.7 Å². The van der Waals surface area contributed by atoms with Crippen LogP contribution in [0.3, 0.4) is 0 Å². The maximum Gasteiger partial charge on any atom is 0.124 e. The molecule has 0 spiro atoms. The molecule has 0 saturated carbocycles. The lowest BCUT2D eigenvalue weighted by molar-refractivity contribution is 0.0264. The maximum absolute atomic E-state index is 9.60. The van der Waals surface area contributed by atoms with Gasteiger partial charge in [0.25, 0.3) is 0 Å². The molecular formula is C14H22O3. The molecule has 0 aliphatic rings. The van der Waals surface area contributed by atoms with Gasteiger partial charge in [-0.3, -0.25) is 0 Å². The van der Waals surface area contributed by atoms with Crippen LogP contribution in [0.5, 0.6) is 5.75 Å². The number of ether oxygens (including phenoxy) is 1. The fourth-order valence-electron chi connectivity index (χ4n) is 2.06. The molecule has 0 aromatic heterocycles. The molecule has 1 aromatic rings. The van der Waals surface area contributed by atoms with Gasteiger partial charge in [-0.2, -0.15) is 0 Å². The summed E-state index contributed by atoms with van der Waals surface area (Å²) in [5.74, 6) is 0.883. The van der Waals surface area contributed by atoms with Crippen molar-refractivity contribution in [2.24, 2.45) is 0 Å². The smallest absolute Gasteiger partial charge is 0.124 e. The first-order valence-corrected chi connectivity index (χ1v) is 5.96. The third-order valence-corrected chi connectivity index (χ3v) is 2.97. The summed E-state index contributed by atoms with van der Waals surface area (Å²) in [6.45, 7) is 5.66. The Bertz CT molecular complexity index is 372. The standard InChI is InChI=1S/C14H22O3/c1-9-7-10(2)14(17-4)12(8-9)5-6-13(16)11(3)15/h7-8,11,13,15-16H,5-6H2,1-4H3. The fourth-order valence-corrected chi connectivity index (χ4v) is 2.06. The van der Waals surface area contributed by atoms with Crippen LogP contribution in [0.25, 0.3) is 0 Å². The van der Waals surface area contributed by atoms with E-state index in [9.17, 15) is 10.2 Å².